The number of amides is 1. The Morgan fingerprint density at radius 1 is 1.22 bits per heavy atom. The quantitative estimate of drug-likeness (QED) is 0.655. The monoisotopic (exact) mass is 274 g/mol. The van der Waals surface area contributed by atoms with Crippen LogP contribution in [-0.2, 0) is 4.79 Å². The molecule has 1 saturated carbocycles. The molecule has 1 aliphatic rings. The van der Waals surface area contributed by atoms with Crippen molar-refractivity contribution in [3.63, 3.8) is 0 Å². The van der Waals surface area contributed by atoms with Crippen LogP contribution in [0.15, 0.2) is 12.1 Å². The van der Waals surface area contributed by atoms with E-state index in [0.717, 1.165) is 0 Å². The van der Waals surface area contributed by atoms with Crippen molar-refractivity contribution in [3.05, 3.63) is 29.6 Å². The van der Waals surface area contributed by atoms with Gasteiger partial charge in [0, 0.05) is 12.1 Å². The number of hydrogen-bond acceptors (Lipinski definition) is 2. The molecule has 1 aromatic carbocycles. The summed E-state index contributed by atoms with van der Waals surface area (Å²) in [5.74, 6) is -4.21. The van der Waals surface area contributed by atoms with E-state index < -0.39 is 34.5 Å². The Morgan fingerprint density at radius 2 is 1.78 bits per heavy atom. The summed E-state index contributed by atoms with van der Waals surface area (Å²) < 4.78 is 39.0. The van der Waals surface area contributed by atoms with Crippen LogP contribution in [0, 0.1) is 22.9 Å². The predicted octanol–water partition coefficient (Wildman–Crippen LogP) is 2.11. The summed E-state index contributed by atoms with van der Waals surface area (Å²) in [6, 6.07) is 0.948. The van der Waals surface area contributed by atoms with Gasteiger partial charge in [0.05, 0.1) is 16.1 Å². The van der Waals surface area contributed by atoms with E-state index in [0.29, 0.717) is 25.0 Å². The lowest BCUT2D eigenvalue weighted by atomic mass is 10.1. The maximum Gasteiger partial charge on any atom is 0.237 e. The van der Waals surface area contributed by atoms with E-state index in [9.17, 15) is 18.0 Å². The van der Waals surface area contributed by atoms with Gasteiger partial charge in [0.1, 0.15) is 5.82 Å². The Kier molecular flexibility index (Phi) is 3.02. The van der Waals surface area contributed by atoms with Gasteiger partial charge in [-0.1, -0.05) is 12.2 Å². The molecule has 96 valence electrons. The van der Waals surface area contributed by atoms with Gasteiger partial charge < -0.3 is 11.1 Å². The Morgan fingerprint density at radius 3 is 2.28 bits per heavy atom. The minimum atomic E-state index is -1.32. The average Bonchev–Trinajstić information content (AvgIpc) is 3.06. The highest BCUT2D eigenvalue weighted by molar-refractivity contribution is 7.80. The number of nitrogens with two attached hydrogens (primary N) is 1. The highest BCUT2D eigenvalue weighted by Crippen LogP contribution is 2.46. The van der Waals surface area contributed by atoms with Gasteiger partial charge in [-0.15, -0.1) is 0 Å². The Labute approximate surface area is 106 Å². The fourth-order valence-electron chi connectivity index (χ4n) is 1.57. The van der Waals surface area contributed by atoms with Crippen LogP contribution in [0.5, 0.6) is 0 Å². The molecule has 7 heteroatoms. The lowest BCUT2D eigenvalue weighted by Gasteiger charge is -2.14. The molecule has 18 heavy (non-hydrogen) atoms. The third-order valence-corrected chi connectivity index (χ3v) is 3.31. The van der Waals surface area contributed by atoms with Crippen molar-refractivity contribution in [2.75, 3.05) is 5.32 Å². The van der Waals surface area contributed by atoms with Crippen LogP contribution in [0.3, 0.4) is 0 Å². The first-order valence-electron chi connectivity index (χ1n) is 5.13. The summed E-state index contributed by atoms with van der Waals surface area (Å²) in [5, 5.41) is 2.17. The van der Waals surface area contributed by atoms with Gasteiger partial charge in [-0.2, -0.15) is 0 Å². The summed E-state index contributed by atoms with van der Waals surface area (Å²) in [5.41, 5.74) is 4.01. The second kappa shape index (κ2) is 4.24. The molecular formula is C11H9F3N2OS. The van der Waals surface area contributed by atoms with Crippen molar-refractivity contribution in [1.29, 1.82) is 0 Å². The van der Waals surface area contributed by atoms with Crippen LogP contribution < -0.4 is 11.1 Å². The average molecular weight is 274 g/mol. The Hall–Kier alpha value is -1.63. The molecule has 3 N–H and O–H groups in total. The molecule has 1 aliphatic carbocycles. The largest absolute Gasteiger partial charge is 0.392 e. The number of halogens is 3. The highest BCUT2D eigenvalue weighted by Gasteiger charge is 2.52. The zero-order valence-electron chi connectivity index (χ0n) is 9.10. The van der Waals surface area contributed by atoms with Crippen molar-refractivity contribution in [2.24, 2.45) is 11.1 Å². The lowest BCUT2D eigenvalue weighted by molar-refractivity contribution is -0.118. The number of carbonyl (C=O) groups is 1. The van der Waals surface area contributed by atoms with E-state index in [1.807, 2.05) is 0 Å². The maximum absolute atomic E-state index is 13.3. The molecular weight excluding hydrogens is 265 g/mol. The Bertz CT molecular complexity index is 543. The molecule has 3 nitrogen and oxygen atoms in total. The number of rotatable bonds is 3. The van der Waals surface area contributed by atoms with E-state index in [1.54, 1.807) is 0 Å². The van der Waals surface area contributed by atoms with Gasteiger partial charge in [-0.3, -0.25) is 4.79 Å². The summed E-state index contributed by atoms with van der Waals surface area (Å²) in [7, 11) is 0. The van der Waals surface area contributed by atoms with Crippen LogP contribution in [-0.4, -0.2) is 10.9 Å². The summed E-state index contributed by atoms with van der Waals surface area (Å²) in [6.45, 7) is 0. The Balaban J connectivity index is 2.23. The van der Waals surface area contributed by atoms with E-state index in [4.69, 9.17) is 18.0 Å². The van der Waals surface area contributed by atoms with Gasteiger partial charge in [-0.25, -0.2) is 13.2 Å². The van der Waals surface area contributed by atoms with Crippen molar-refractivity contribution < 1.29 is 18.0 Å². The second-order valence-electron chi connectivity index (χ2n) is 4.15. The predicted molar refractivity (Wildman–Crippen MR) is 63.4 cm³/mol. The smallest absolute Gasteiger partial charge is 0.237 e. The molecule has 0 aromatic heterocycles. The fourth-order valence-corrected chi connectivity index (χ4v) is 1.87. The number of carbonyl (C=O) groups excluding carboxylic acids is 1. The minimum absolute atomic E-state index is 0.0167. The lowest BCUT2D eigenvalue weighted by Crippen LogP contribution is -2.35. The minimum Gasteiger partial charge on any atom is -0.392 e. The molecule has 0 saturated heterocycles. The highest BCUT2D eigenvalue weighted by atomic mass is 32.1. The van der Waals surface area contributed by atoms with Crippen LogP contribution in [0.2, 0.25) is 0 Å². The third kappa shape index (κ3) is 2.05. The first-order chi connectivity index (χ1) is 8.36. The molecule has 0 radical (unpaired) electrons. The summed E-state index contributed by atoms with van der Waals surface area (Å²) >= 11 is 4.76. The van der Waals surface area contributed by atoms with Crippen LogP contribution in [0.1, 0.15) is 12.8 Å². The van der Waals surface area contributed by atoms with E-state index in [2.05, 4.69) is 5.32 Å². The molecule has 0 atom stereocenters. The van der Waals surface area contributed by atoms with Gasteiger partial charge in [0.2, 0.25) is 5.91 Å². The van der Waals surface area contributed by atoms with Crippen molar-refractivity contribution >= 4 is 28.8 Å². The van der Waals surface area contributed by atoms with Crippen LogP contribution in [0.25, 0.3) is 0 Å². The van der Waals surface area contributed by atoms with Gasteiger partial charge in [0.15, 0.2) is 11.6 Å². The first-order valence-corrected chi connectivity index (χ1v) is 5.53. The maximum atomic E-state index is 13.3. The molecule has 0 unspecified atom stereocenters. The van der Waals surface area contributed by atoms with Gasteiger partial charge in [0.25, 0.3) is 0 Å². The summed E-state index contributed by atoms with van der Waals surface area (Å²) in [4.78, 5) is 11.8. The van der Waals surface area contributed by atoms with Crippen LogP contribution >= 0.6 is 12.2 Å². The number of nitrogens with one attached hydrogen (secondary N) is 1. The number of hydrogen-bond donors (Lipinski definition) is 2. The van der Waals surface area contributed by atoms with Crippen molar-refractivity contribution in [3.8, 4) is 0 Å². The van der Waals surface area contributed by atoms with Crippen LogP contribution in [0.4, 0.5) is 18.9 Å². The van der Waals surface area contributed by atoms with Crippen molar-refractivity contribution in [1.82, 2.24) is 0 Å². The molecule has 1 aromatic rings. The van der Waals surface area contributed by atoms with Crippen molar-refractivity contribution in [2.45, 2.75) is 12.8 Å². The molecule has 1 amide bonds. The van der Waals surface area contributed by atoms with E-state index in [1.165, 1.54) is 0 Å². The number of anilines is 1. The number of thiocarbonyl (C=S) groups is 1. The molecule has 1 fully saturated rings. The molecule has 0 bridgehead atoms. The summed E-state index contributed by atoms with van der Waals surface area (Å²) in [6.07, 6.45) is 0.943. The molecule has 0 aliphatic heterocycles. The van der Waals surface area contributed by atoms with Gasteiger partial charge in [-0.05, 0) is 12.8 Å². The third-order valence-electron chi connectivity index (χ3n) is 2.91. The second-order valence-corrected chi connectivity index (χ2v) is 4.59. The molecule has 0 spiro atoms. The molecule has 2 rings (SSSR count). The zero-order valence-corrected chi connectivity index (χ0v) is 9.91. The first kappa shape index (κ1) is 12.8. The van der Waals surface area contributed by atoms with Gasteiger partial charge >= 0.3 is 0 Å². The number of benzene rings is 1. The zero-order chi connectivity index (χ0) is 13.5. The molecule has 0 heterocycles. The van der Waals surface area contributed by atoms with E-state index >= 15 is 0 Å². The standard InChI is InChI=1S/C11H9F3N2OS/c12-5-3-7(14)8(4-6(5)13)16-10(17)11(1-2-11)9(15)18/h3-4H,1-2H2,(H2,15,18)(H,16,17). The normalized spacial score (nSPS) is 16.2. The topological polar surface area (TPSA) is 55.1 Å². The fraction of sp³-hybridized carbons (Fsp3) is 0.273. The van der Waals surface area contributed by atoms with E-state index in [-0.39, 0.29) is 4.99 Å². The SMILES string of the molecule is NC(=S)C1(C(=O)Nc2cc(F)c(F)cc2F)CC1.